The Morgan fingerprint density at radius 2 is 1.13 bits per heavy atom. The number of benzene rings is 1. The number of aliphatic hydroxyl groups is 8. The number of hydrogen-bond donors (Lipinski definition) is 10. The summed E-state index contributed by atoms with van der Waals surface area (Å²) in [5, 5.41) is 83.4. The molecule has 3 rings (SSSR count). The molecule has 12 heteroatoms. The van der Waals surface area contributed by atoms with Crippen molar-refractivity contribution in [3.8, 4) is 0 Å². The molecule has 0 saturated carbocycles. The Labute approximate surface area is 171 Å². The third-order valence-corrected chi connectivity index (χ3v) is 5.21. The minimum Gasteiger partial charge on any atom is -0.394 e. The zero-order valence-corrected chi connectivity index (χ0v) is 15.9. The lowest BCUT2D eigenvalue weighted by molar-refractivity contribution is -0.0774. The molecule has 12 nitrogen and oxygen atoms in total. The summed E-state index contributed by atoms with van der Waals surface area (Å²) in [6.07, 6.45) is -12.7. The summed E-state index contributed by atoms with van der Waals surface area (Å²) in [4.78, 5) is 0. The molecule has 170 valence electrons. The zero-order valence-electron chi connectivity index (χ0n) is 15.9. The quantitative estimate of drug-likeness (QED) is 0.191. The highest BCUT2D eigenvalue weighted by Crippen LogP contribution is 2.28. The maximum absolute atomic E-state index is 10.1. The first-order valence-electron chi connectivity index (χ1n) is 9.51. The van der Waals surface area contributed by atoms with Crippen LogP contribution in [0.2, 0.25) is 0 Å². The van der Waals surface area contributed by atoms with Crippen LogP contribution in [0, 0.1) is 0 Å². The van der Waals surface area contributed by atoms with Gasteiger partial charge < -0.3 is 61.0 Å². The van der Waals surface area contributed by atoms with Crippen LogP contribution in [-0.2, 0) is 9.47 Å². The summed E-state index contributed by atoms with van der Waals surface area (Å²) in [5.74, 6) is 0. The van der Waals surface area contributed by atoms with Crippen molar-refractivity contribution in [2.24, 2.45) is 0 Å². The fraction of sp³-hybridized carbons (Fsp3) is 0.667. The number of ether oxygens (including phenoxy) is 2. The molecule has 0 spiro atoms. The SMILES string of the molecule is OCC(O)C1OC(Nc2cccc(NC3OC(C(O)CO)C(O)C3O)c2)C(O)C1O. The molecule has 1 aromatic rings. The minimum absolute atomic E-state index is 0.454. The van der Waals surface area contributed by atoms with Crippen LogP contribution in [-0.4, -0.2) is 115 Å². The van der Waals surface area contributed by atoms with Gasteiger partial charge in [-0.25, -0.2) is 0 Å². The highest BCUT2D eigenvalue weighted by Gasteiger charge is 2.47. The second-order valence-corrected chi connectivity index (χ2v) is 7.37. The van der Waals surface area contributed by atoms with Gasteiger partial charge in [-0.3, -0.25) is 0 Å². The smallest absolute Gasteiger partial charge is 0.157 e. The number of anilines is 2. The number of rotatable bonds is 8. The summed E-state index contributed by atoms with van der Waals surface area (Å²) >= 11 is 0. The first kappa shape index (κ1) is 23.1. The van der Waals surface area contributed by atoms with Crippen LogP contribution in [0.15, 0.2) is 24.3 Å². The molecule has 2 aliphatic heterocycles. The Bertz CT molecular complexity index is 643. The summed E-state index contributed by atoms with van der Waals surface area (Å²) in [6.45, 7) is -1.27. The predicted molar refractivity (Wildman–Crippen MR) is 101 cm³/mol. The lowest BCUT2D eigenvalue weighted by atomic mass is 10.1. The lowest BCUT2D eigenvalue weighted by Crippen LogP contribution is -2.40. The third kappa shape index (κ3) is 4.68. The van der Waals surface area contributed by atoms with Crippen molar-refractivity contribution in [3.05, 3.63) is 24.3 Å². The lowest BCUT2D eigenvalue weighted by Gasteiger charge is -2.21. The van der Waals surface area contributed by atoms with E-state index in [0.29, 0.717) is 11.4 Å². The van der Waals surface area contributed by atoms with Crippen molar-refractivity contribution in [1.82, 2.24) is 0 Å². The van der Waals surface area contributed by atoms with Crippen molar-refractivity contribution in [1.29, 1.82) is 0 Å². The van der Waals surface area contributed by atoms with E-state index < -0.39 is 74.5 Å². The van der Waals surface area contributed by atoms with E-state index in [1.807, 2.05) is 0 Å². The van der Waals surface area contributed by atoms with Gasteiger partial charge in [-0.1, -0.05) is 6.07 Å². The second kappa shape index (κ2) is 9.70. The molecule has 2 aliphatic rings. The molecule has 0 aliphatic carbocycles. The summed E-state index contributed by atoms with van der Waals surface area (Å²) in [7, 11) is 0. The highest BCUT2D eigenvalue weighted by molar-refractivity contribution is 5.57. The van der Waals surface area contributed by atoms with E-state index in [2.05, 4.69) is 10.6 Å². The number of hydrogen-bond acceptors (Lipinski definition) is 12. The van der Waals surface area contributed by atoms with Crippen LogP contribution in [0.1, 0.15) is 0 Å². The molecule has 10 atom stereocenters. The van der Waals surface area contributed by atoms with Gasteiger partial charge in [-0.15, -0.1) is 0 Å². The van der Waals surface area contributed by atoms with Crippen LogP contribution < -0.4 is 10.6 Å². The molecule has 0 bridgehead atoms. The summed E-state index contributed by atoms with van der Waals surface area (Å²) < 4.78 is 10.8. The van der Waals surface area contributed by atoms with Crippen molar-refractivity contribution < 1.29 is 50.3 Å². The van der Waals surface area contributed by atoms with Gasteiger partial charge in [-0.2, -0.15) is 0 Å². The minimum atomic E-state index is -1.40. The predicted octanol–water partition coefficient (Wildman–Crippen LogP) is -3.89. The average Bonchev–Trinajstić information content (AvgIpc) is 3.18. The topological polar surface area (TPSA) is 204 Å². The Morgan fingerprint density at radius 1 is 0.733 bits per heavy atom. The van der Waals surface area contributed by atoms with Crippen molar-refractivity contribution in [2.75, 3.05) is 23.8 Å². The molecule has 10 unspecified atom stereocenters. The summed E-state index contributed by atoms with van der Waals surface area (Å²) in [5.41, 5.74) is 0.908. The van der Waals surface area contributed by atoms with E-state index in [0.717, 1.165) is 0 Å². The Kier molecular flexibility index (Phi) is 7.47. The normalized spacial score (nSPS) is 38.4. The molecule has 0 aromatic heterocycles. The van der Waals surface area contributed by atoms with E-state index in [4.69, 9.17) is 19.7 Å². The Hall–Kier alpha value is -1.58. The van der Waals surface area contributed by atoms with Gasteiger partial charge in [-0.05, 0) is 18.2 Å². The first-order valence-corrected chi connectivity index (χ1v) is 9.51. The van der Waals surface area contributed by atoms with Crippen molar-refractivity contribution in [3.63, 3.8) is 0 Å². The van der Waals surface area contributed by atoms with Gasteiger partial charge in [0.1, 0.15) is 48.8 Å². The van der Waals surface area contributed by atoms with E-state index >= 15 is 0 Å². The van der Waals surface area contributed by atoms with E-state index in [-0.39, 0.29) is 0 Å². The molecule has 0 amide bonds. The molecule has 2 saturated heterocycles. The van der Waals surface area contributed by atoms with Gasteiger partial charge in [0.2, 0.25) is 0 Å². The zero-order chi connectivity index (χ0) is 22.0. The maximum atomic E-state index is 10.1. The highest BCUT2D eigenvalue weighted by atomic mass is 16.6. The molecule has 0 radical (unpaired) electrons. The van der Waals surface area contributed by atoms with Crippen molar-refractivity contribution in [2.45, 2.75) is 61.3 Å². The van der Waals surface area contributed by atoms with E-state index in [9.17, 15) is 30.6 Å². The first-order chi connectivity index (χ1) is 14.3. The number of nitrogens with one attached hydrogen (secondary N) is 2. The summed E-state index contributed by atoms with van der Waals surface area (Å²) in [6, 6.07) is 6.50. The molecule has 10 N–H and O–H groups in total. The van der Waals surface area contributed by atoms with Gasteiger partial charge in [0.05, 0.1) is 13.2 Å². The second-order valence-electron chi connectivity index (χ2n) is 7.37. The molecule has 2 heterocycles. The number of aliphatic hydroxyl groups excluding tert-OH is 8. The van der Waals surface area contributed by atoms with Crippen LogP contribution in [0.25, 0.3) is 0 Å². The van der Waals surface area contributed by atoms with E-state index in [1.54, 1.807) is 24.3 Å². The van der Waals surface area contributed by atoms with Crippen LogP contribution in [0.3, 0.4) is 0 Å². The monoisotopic (exact) mass is 432 g/mol. The standard InChI is InChI=1S/C18H28N2O10/c21-5-9(23)15-11(25)13(27)17(29-15)19-7-2-1-3-8(4-7)20-18-14(28)12(26)16(30-18)10(24)6-22/h1-4,9-28H,5-6H2. The van der Waals surface area contributed by atoms with Crippen LogP contribution in [0.5, 0.6) is 0 Å². The maximum Gasteiger partial charge on any atom is 0.157 e. The molecular formula is C18H28N2O10. The molecule has 1 aromatic carbocycles. The third-order valence-electron chi connectivity index (χ3n) is 5.21. The molecule has 2 fully saturated rings. The Morgan fingerprint density at radius 3 is 1.50 bits per heavy atom. The fourth-order valence-corrected chi connectivity index (χ4v) is 3.52. The van der Waals surface area contributed by atoms with Gasteiger partial charge in [0, 0.05) is 11.4 Å². The van der Waals surface area contributed by atoms with Gasteiger partial charge in [0.15, 0.2) is 12.5 Å². The Balaban J connectivity index is 1.64. The van der Waals surface area contributed by atoms with Crippen LogP contribution in [0.4, 0.5) is 11.4 Å². The van der Waals surface area contributed by atoms with Crippen molar-refractivity contribution >= 4 is 11.4 Å². The van der Waals surface area contributed by atoms with Crippen LogP contribution >= 0.6 is 0 Å². The largest absolute Gasteiger partial charge is 0.394 e. The van der Waals surface area contributed by atoms with Gasteiger partial charge >= 0.3 is 0 Å². The van der Waals surface area contributed by atoms with Gasteiger partial charge in [0.25, 0.3) is 0 Å². The average molecular weight is 432 g/mol. The fourth-order valence-electron chi connectivity index (χ4n) is 3.52. The molecular weight excluding hydrogens is 404 g/mol. The molecule has 30 heavy (non-hydrogen) atoms. The van der Waals surface area contributed by atoms with E-state index in [1.165, 1.54) is 0 Å².